The molecule has 1 aliphatic carbocycles. The van der Waals surface area contributed by atoms with E-state index in [2.05, 4.69) is 0 Å². The van der Waals surface area contributed by atoms with E-state index in [9.17, 15) is 20.1 Å². The van der Waals surface area contributed by atoms with E-state index in [0.717, 1.165) is 6.07 Å². The second kappa shape index (κ2) is 5.81. The molecule has 0 amide bonds. The van der Waals surface area contributed by atoms with Crippen LogP contribution >= 0.6 is 0 Å². The van der Waals surface area contributed by atoms with Gasteiger partial charge in [0, 0.05) is 23.3 Å². The van der Waals surface area contributed by atoms with Crippen molar-refractivity contribution in [3.05, 3.63) is 47.0 Å². The van der Waals surface area contributed by atoms with Crippen molar-refractivity contribution in [3.8, 4) is 28.7 Å². The molecule has 2 aromatic rings. The highest BCUT2D eigenvalue weighted by Crippen LogP contribution is 2.41. The molecule has 0 aromatic heterocycles. The van der Waals surface area contributed by atoms with Gasteiger partial charge in [-0.15, -0.1) is 0 Å². The molecule has 0 fully saturated rings. The molecule has 0 atom stereocenters. The van der Waals surface area contributed by atoms with E-state index in [1.54, 1.807) is 6.08 Å². The topological polar surface area (TPSA) is 96.2 Å². The van der Waals surface area contributed by atoms with Gasteiger partial charge in [0.05, 0.1) is 19.8 Å². The molecule has 6 heteroatoms. The average Bonchev–Trinajstić information content (AvgIpc) is 2.54. The van der Waals surface area contributed by atoms with Gasteiger partial charge in [-0.05, 0) is 24.1 Å². The minimum absolute atomic E-state index is 0.0974. The highest BCUT2D eigenvalue weighted by molar-refractivity contribution is 6.31. The molecule has 1 aliphatic rings. The maximum absolute atomic E-state index is 12.8. The van der Waals surface area contributed by atoms with Crippen LogP contribution in [0.3, 0.4) is 0 Å². The van der Waals surface area contributed by atoms with Crippen molar-refractivity contribution in [2.75, 3.05) is 14.2 Å². The summed E-state index contributed by atoms with van der Waals surface area (Å²) in [5.41, 5.74) is 1.49. The first-order valence-electron chi connectivity index (χ1n) is 7.21. The molecule has 0 aliphatic heterocycles. The number of carbonyl (C=O) groups is 1. The lowest BCUT2D eigenvalue weighted by Crippen LogP contribution is -2.12. The molecule has 3 N–H and O–H groups in total. The molecule has 6 nitrogen and oxygen atoms in total. The van der Waals surface area contributed by atoms with Crippen molar-refractivity contribution in [3.63, 3.8) is 0 Å². The van der Waals surface area contributed by atoms with E-state index in [1.807, 2.05) is 0 Å². The lowest BCUT2D eigenvalue weighted by Gasteiger charge is -2.20. The van der Waals surface area contributed by atoms with Crippen molar-refractivity contribution in [2.45, 2.75) is 6.42 Å². The predicted molar refractivity (Wildman–Crippen MR) is 87.0 cm³/mol. The Labute approximate surface area is 138 Å². The Morgan fingerprint density at radius 2 is 1.62 bits per heavy atom. The maximum atomic E-state index is 12.8. The molecule has 0 heterocycles. The summed E-state index contributed by atoms with van der Waals surface area (Å²) >= 11 is 0. The number of hydrogen-bond donors (Lipinski definition) is 3. The second-order valence-electron chi connectivity index (χ2n) is 5.37. The van der Waals surface area contributed by atoms with Gasteiger partial charge in [0.2, 0.25) is 0 Å². The van der Waals surface area contributed by atoms with Crippen LogP contribution in [0, 0.1) is 0 Å². The monoisotopic (exact) mass is 328 g/mol. The zero-order valence-electron chi connectivity index (χ0n) is 13.2. The first-order valence-corrected chi connectivity index (χ1v) is 7.21. The number of hydrogen-bond acceptors (Lipinski definition) is 6. The fourth-order valence-electron chi connectivity index (χ4n) is 2.86. The van der Waals surface area contributed by atoms with E-state index < -0.39 is 0 Å². The summed E-state index contributed by atoms with van der Waals surface area (Å²) in [4.78, 5) is 12.8. The number of ketones is 1. The van der Waals surface area contributed by atoms with Crippen LogP contribution in [0.25, 0.3) is 5.57 Å². The molecule has 2 aromatic carbocycles. The summed E-state index contributed by atoms with van der Waals surface area (Å²) in [6, 6.07) is 5.47. The van der Waals surface area contributed by atoms with Gasteiger partial charge >= 0.3 is 0 Å². The lowest BCUT2D eigenvalue weighted by atomic mass is 9.85. The van der Waals surface area contributed by atoms with Gasteiger partial charge < -0.3 is 24.8 Å². The number of fused-ring (bicyclic) bond motifs is 1. The zero-order valence-corrected chi connectivity index (χ0v) is 13.2. The molecular weight excluding hydrogens is 312 g/mol. The summed E-state index contributed by atoms with van der Waals surface area (Å²) in [5, 5.41) is 29.5. The summed E-state index contributed by atoms with van der Waals surface area (Å²) in [5.74, 6) is -0.338. The van der Waals surface area contributed by atoms with Crippen LogP contribution in [0.15, 0.2) is 30.3 Å². The first-order chi connectivity index (χ1) is 11.5. The van der Waals surface area contributed by atoms with Crippen LogP contribution < -0.4 is 9.47 Å². The molecule has 0 radical (unpaired) electrons. The largest absolute Gasteiger partial charge is 0.508 e. The van der Waals surface area contributed by atoms with Crippen molar-refractivity contribution in [1.82, 2.24) is 0 Å². The SMILES string of the molecule is COc1cc(C2=CCc3cc(O)cc(O)c3C2=O)c(OC)cc1O. The number of phenolic OH excluding ortho intramolecular Hbond substituents is 3. The van der Waals surface area contributed by atoms with Crippen LogP contribution in [0.5, 0.6) is 28.7 Å². The van der Waals surface area contributed by atoms with Crippen molar-refractivity contribution >= 4 is 11.4 Å². The molecule has 0 spiro atoms. The zero-order chi connectivity index (χ0) is 17.4. The van der Waals surface area contributed by atoms with E-state index in [-0.39, 0.29) is 34.3 Å². The Kier molecular flexibility index (Phi) is 3.81. The van der Waals surface area contributed by atoms with Crippen molar-refractivity contribution in [2.24, 2.45) is 0 Å². The third kappa shape index (κ3) is 2.42. The van der Waals surface area contributed by atoms with E-state index >= 15 is 0 Å². The van der Waals surface area contributed by atoms with Crippen LogP contribution in [0.2, 0.25) is 0 Å². The second-order valence-corrected chi connectivity index (χ2v) is 5.37. The third-order valence-electron chi connectivity index (χ3n) is 3.97. The van der Waals surface area contributed by atoms with E-state index in [4.69, 9.17) is 9.47 Å². The number of aromatic hydroxyl groups is 3. The molecule has 3 rings (SSSR count). The van der Waals surface area contributed by atoms with Crippen LogP contribution in [0.1, 0.15) is 21.5 Å². The number of allylic oxidation sites excluding steroid dienone is 2. The van der Waals surface area contributed by atoms with Crippen molar-refractivity contribution < 1.29 is 29.6 Å². The van der Waals surface area contributed by atoms with E-state index in [1.165, 1.54) is 32.4 Å². The standard InChI is InChI=1S/C18H16O6/c1-23-15-8-13(20)16(24-2)7-12(15)11-4-3-9-5-10(19)6-14(21)17(9)18(11)22/h4-8,19-21H,3H2,1-2H3. The number of phenols is 3. The number of Topliss-reactive ketones (excluding diaryl/α,β-unsaturated/α-hetero) is 1. The lowest BCUT2D eigenvalue weighted by molar-refractivity contribution is 0.105. The molecule has 0 saturated carbocycles. The molecule has 124 valence electrons. The van der Waals surface area contributed by atoms with Gasteiger partial charge in [-0.25, -0.2) is 0 Å². The van der Waals surface area contributed by atoms with Gasteiger partial charge in [-0.2, -0.15) is 0 Å². The summed E-state index contributed by atoms with van der Waals surface area (Å²) in [6.45, 7) is 0. The molecule has 0 saturated heterocycles. The number of carbonyl (C=O) groups excluding carboxylic acids is 1. The number of methoxy groups -OCH3 is 2. The predicted octanol–water partition coefficient (Wildman–Crippen LogP) is 2.64. The summed E-state index contributed by atoms with van der Waals surface area (Å²) in [7, 11) is 2.84. The highest BCUT2D eigenvalue weighted by Gasteiger charge is 2.28. The van der Waals surface area contributed by atoms with Gasteiger partial charge in [-0.3, -0.25) is 4.79 Å². The Hall–Kier alpha value is -3.15. The average molecular weight is 328 g/mol. The Morgan fingerprint density at radius 1 is 0.917 bits per heavy atom. The Bertz CT molecular complexity index is 866. The minimum Gasteiger partial charge on any atom is -0.508 e. The number of ether oxygens (including phenoxy) is 2. The fourth-order valence-corrected chi connectivity index (χ4v) is 2.86. The molecule has 0 bridgehead atoms. The summed E-state index contributed by atoms with van der Waals surface area (Å²) < 4.78 is 10.3. The number of rotatable bonds is 3. The van der Waals surface area contributed by atoms with Gasteiger partial charge in [0.25, 0.3) is 0 Å². The van der Waals surface area contributed by atoms with Crippen LogP contribution in [0.4, 0.5) is 0 Å². The van der Waals surface area contributed by atoms with Gasteiger partial charge in [0.15, 0.2) is 17.3 Å². The normalized spacial score (nSPS) is 13.2. The molecule has 24 heavy (non-hydrogen) atoms. The first kappa shape index (κ1) is 15.7. The van der Waals surface area contributed by atoms with Crippen LogP contribution in [-0.4, -0.2) is 35.3 Å². The smallest absolute Gasteiger partial charge is 0.197 e. The van der Waals surface area contributed by atoms with Crippen molar-refractivity contribution in [1.29, 1.82) is 0 Å². The maximum Gasteiger partial charge on any atom is 0.197 e. The third-order valence-corrected chi connectivity index (χ3v) is 3.97. The number of benzene rings is 2. The fraction of sp³-hybridized carbons (Fsp3) is 0.167. The van der Waals surface area contributed by atoms with Gasteiger partial charge in [-0.1, -0.05) is 6.08 Å². The summed E-state index contributed by atoms with van der Waals surface area (Å²) in [6.07, 6.45) is 2.06. The van der Waals surface area contributed by atoms with E-state index in [0.29, 0.717) is 28.9 Å². The Morgan fingerprint density at radius 3 is 2.29 bits per heavy atom. The van der Waals surface area contributed by atoms with Crippen LogP contribution in [-0.2, 0) is 6.42 Å². The Balaban J connectivity index is 2.15. The minimum atomic E-state index is -0.389. The molecule has 0 unspecified atom stereocenters. The highest BCUT2D eigenvalue weighted by atomic mass is 16.5. The quantitative estimate of drug-likeness (QED) is 0.801. The molecular formula is C18H16O6. The van der Waals surface area contributed by atoms with Gasteiger partial charge in [0.1, 0.15) is 17.2 Å².